The van der Waals surface area contributed by atoms with Crippen molar-refractivity contribution < 1.29 is 23.6 Å². The van der Waals surface area contributed by atoms with Crippen LogP contribution in [0.2, 0.25) is 5.02 Å². The van der Waals surface area contributed by atoms with E-state index in [1.807, 2.05) is 48.5 Å². The second-order valence-electron chi connectivity index (χ2n) is 10.8. The smallest absolute Gasteiger partial charge is 0.292 e. The Bertz CT molecular complexity index is 1570. The third-order valence-electron chi connectivity index (χ3n) is 8.31. The number of carbonyl (C=O) groups excluding carboxylic acids is 2. The molecule has 210 valence electrons. The summed E-state index contributed by atoms with van der Waals surface area (Å²) < 4.78 is 19.0. The number of aliphatic hydroxyl groups is 1. The Morgan fingerprint density at radius 2 is 1.80 bits per heavy atom. The Labute approximate surface area is 242 Å². The maximum Gasteiger partial charge on any atom is 0.292 e. The first-order chi connectivity index (χ1) is 19.8. The molecule has 2 amide bonds. The number of aliphatic hydroxyl groups excluding tert-OH is 1. The van der Waals surface area contributed by atoms with Crippen molar-refractivity contribution in [1.82, 2.24) is 15.0 Å². The number of piperidine rings is 1. The molecule has 3 heterocycles. The Hall–Kier alpha value is -4.01. The lowest BCUT2D eigenvalue weighted by Gasteiger charge is -2.37. The van der Waals surface area contributed by atoms with Crippen molar-refractivity contribution in [3.8, 4) is 11.3 Å². The quantitative estimate of drug-likeness (QED) is 0.311. The van der Waals surface area contributed by atoms with E-state index in [-0.39, 0.29) is 17.6 Å². The molecule has 9 heteroatoms. The van der Waals surface area contributed by atoms with Gasteiger partial charge in [0.1, 0.15) is 11.5 Å². The highest BCUT2D eigenvalue weighted by Gasteiger charge is 2.54. The summed E-state index contributed by atoms with van der Waals surface area (Å²) in [6.07, 6.45) is 0.559. The largest absolute Gasteiger partial charge is 0.386 e. The number of rotatable bonds is 6. The predicted octanol–water partition coefficient (Wildman–Crippen LogP) is 5.89. The van der Waals surface area contributed by atoms with Crippen LogP contribution in [0, 0.1) is 11.2 Å². The molecule has 2 saturated heterocycles. The second-order valence-corrected chi connectivity index (χ2v) is 11.3. The van der Waals surface area contributed by atoms with Crippen molar-refractivity contribution >= 4 is 23.4 Å². The molecule has 7 nitrogen and oxygen atoms in total. The van der Waals surface area contributed by atoms with Gasteiger partial charge in [0.25, 0.3) is 5.91 Å². The normalized spacial score (nSPS) is 19.1. The molecule has 6 rings (SSSR count). The van der Waals surface area contributed by atoms with Gasteiger partial charge in [0, 0.05) is 36.3 Å². The zero-order valence-electron chi connectivity index (χ0n) is 22.2. The minimum absolute atomic E-state index is 0.0161. The van der Waals surface area contributed by atoms with Gasteiger partial charge >= 0.3 is 0 Å². The molecular weight excluding hydrogens is 545 g/mol. The monoisotopic (exact) mass is 573 g/mol. The summed E-state index contributed by atoms with van der Waals surface area (Å²) in [5.41, 5.74) is 1.85. The Morgan fingerprint density at radius 3 is 2.54 bits per heavy atom. The molecule has 1 spiro atoms. The van der Waals surface area contributed by atoms with Crippen LogP contribution in [0.3, 0.4) is 0 Å². The van der Waals surface area contributed by atoms with Gasteiger partial charge in [0.05, 0.1) is 17.6 Å². The van der Waals surface area contributed by atoms with Gasteiger partial charge in [-0.1, -0.05) is 71.4 Å². The van der Waals surface area contributed by atoms with Crippen molar-refractivity contribution in [2.75, 3.05) is 13.1 Å². The van der Waals surface area contributed by atoms with Crippen molar-refractivity contribution in [3.63, 3.8) is 0 Å². The topological polar surface area (TPSA) is 86.9 Å². The molecule has 2 fully saturated rings. The van der Waals surface area contributed by atoms with Gasteiger partial charge in [-0.3, -0.25) is 9.59 Å². The number of hydrogen-bond donors (Lipinski definition) is 1. The minimum atomic E-state index is -0.853. The van der Waals surface area contributed by atoms with E-state index in [4.69, 9.17) is 16.1 Å². The van der Waals surface area contributed by atoms with E-state index in [9.17, 15) is 19.1 Å². The average molecular weight is 574 g/mol. The molecular formula is C32H29ClFN3O4. The molecule has 1 aromatic heterocycles. The average Bonchev–Trinajstić information content (AvgIpc) is 3.58. The number of aromatic nitrogens is 1. The van der Waals surface area contributed by atoms with E-state index in [2.05, 4.69) is 5.16 Å². The molecule has 2 atom stereocenters. The van der Waals surface area contributed by atoms with E-state index in [0.717, 1.165) is 11.1 Å². The summed E-state index contributed by atoms with van der Waals surface area (Å²) in [5.74, 6) is -0.673. The molecule has 41 heavy (non-hydrogen) atoms. The van der Waals surface area contributed by atoms with E-state index >= 15 is 0 Å². The lowest BCUT2D eigenvalue weighted by atomic mass is 9.75. The molecule has 1 N–H and O–H groups in total. The Morgan fingerprint density at radius 1 is 1.05 bits per heavy atom. The number of halogens is 2. The van der Waals surface area contributed by atoms with E-state index in [1.54, 1.807) is 28.0 Å². The number of amides is 2. The van der Waals surface area contributed by atoms with Crippen LogP contribution >= 0.6 is 11.6 Å². The van der Waals surface area contributed by atoms with Crippen LogP contribution in [0.5, 0.6) is 0 Å². The standard InChI is InChI=1S/C32H29ClFN3O4/c33-24-10-4-6-21(16-24)20-37-27(29(38)22-7-2-1-3-8-22)19-32(31(37)40)12-14-36(15-13-32)30(39)28-18-26(35-41-28)23-9-5-11-25(34)17-23/h1-11,16-18,27,29,38H,12-15,19-20H2/t27-,29+/m0/s1. The third kappa shape index (κ3) is 5.37. The summed E-state index contributed by atoms with van der Waals surface area (Å²) in [6, 6.07) is 23.8. The Balaban J connectivity index is 1.20. The molecule has 4 aromatic rings. The molecule has 3 aromatic carbocycles. The summed E-state index contributed by atoms with van der Waals surface area (Å²) in [4.78, 5) is 30.8. The molecule has 0 unspecified atom stereocenters. The maximum absolute atomic E-state index is 14.1. The lowest BCUT2D eigenvalue weighted by Crippen LogP contribution is -2.46. The van der Waals surface area contributed by atoms with Crippen LogP contribution in [0.25, 0.3) is 11.3 Å². The Kier molecular flexibility index (Phi) is 7.36. The van der Waals surface area contributed by atoms with Crippen LogP contribution in [0.15, 0.2) is 89.5 Å². The molecule has 0 radical (unpaired) electrons. The molecule has 0 aliphatic carbocycles. The highest BCUT2D eigenvalue weighted by atomic mass is 35.5. The number of likely N-dealkylation sites (tertiary alicyclic amines) is 2. The molecule has 0 bridgehead atoms. The number of benzene rings is 3. The molecule has 0 saturated carbocycles. The minimum Gasteiger partial charge on any atom is -0.386 e. The van der Waals surface area contributed by atoms with Crippen molar-refractivity contribution in [3.05, 3.63) is 113 Å². The van der Waals surface area contributed by atoms with Crippen molar-refractivity contribution in [1.29, 1.82) is 0 Å². The first-order valence-corrected chi connectivity index (χ1v) is 14.0. The summed E-state index contributed by atoms with van der Waals surface area (Å²) in [7, 11) is 0. The van der Waals surface area contributed by atoms with Crippen molar-refractivity contribution in [2.45, 2.75) is 38.0 Å². The fraction of sp³-hybridized carbons (Fsp3) is 0.281. The summed E-state index contributed by atoms with van der Waals surface area (Å²) >= 11 is 6.22. The fourth-order valence-electron chi connectivity index (χ4n) is 6.10. The van der Waals surface area contributed by atoms with Gasteiger partial charge < -0.3 is 19.4 Å². The third-order valence-corrected chi connectivity index (χ3v) is 8.55. The van der Waals surface area contributed by atoms with Gasteiger partial charge in [0.15, 0.2) is 0 Å². The number of carbonyl (C=O) groups is 2. The number of nitrogens with zero attached hydrogens (tertiary/aromatic N) is 3. The van der Waals surface area contributed by atoms with Gasteiger partial charge in [-0.15, -0.1) is 0 Å². The van der Waals surface area contributed by atoms with Crippen LogP contribution in [0.4, 0.5) is 4.39 Å². The van der Waals surface area contributed by atoms with E-state index < -0.39 is 23.4 Å². The van der Waals surface area contributed by atoms with Crippen LogP contribution in [-0.4, -0.2) is 51.0 Å². The van der Waals surface area contributed by atoms with Gasteiger partial charge in [0.2, 0.25) is 11.7 Å². The zero-order chi connectivity index (χ0) is 28.6. The van der Waals surface area contributed by atoms with Crippen LogP contribution in [-0.2, 0) is 11.3 Å². The van der Waals surface area contributed by atoms with Crippen LogP contribution in [0.1, 0.15) is 47.0 Å². The SMILES string of the molecule is O=C(c1cc(-c2cccc(F)c2)no1)N1CCC2(CC1)C[C@@H]([C@H](O)c1ccccc1)N(Cc1cccc(Cl)c1)C2=O. The summed E-state index contributed by atoms with van der Waals surface area (Å²) in [5, 5.41) is 16.0. The number of hydrogen-bond acceptors (Lipinski definition) is 5. The highest BCUT2D eigenvalue weighted by molar-refractivity contribution is 6.30. The molecule has 2 aliphatic rings. The zero-order valence-corrected chi connectivity index (χ0v) is 23.0. The van der Waals surface area contributed by atoms with Crippen molar-refractivity contribution in [2.24, 2.45) is 5.41 Å². The summed E-state index contributed by atoms with van der Waals surface area (Å²) in [6.45, 7) is 1.05. The van der Waals surface area contributed by atoms with Gasteiger partial charge in [-0.2, -0.15) is 0 Å². The predicted molar refractivity (Wildman–Crippen MR) is 151 cm³/mol. The fourth-order valence-corrected chi connectivity index (χ4v) is 6.31. The lowest BCUT2D eigenvalue weighted by molar-refractivity contribution is -0.140. The molecule has 2 aliphatic heterocycles. The first-order valence-electron chi connectivity index (χ1n) is 13.6. The van der Waals surface area contributed by atoms with Gasteiger partial charge in [-0.05, 0) is 54.7 Å². The highest BCUT2D eigenvalue weighted by Crippen LogP contribution is 2.48. The second kappa shape index (κ2) is 11.1. The van der Waals surface area contributed by atoms with Crippen LogP contribution < -0.4 is 0 Å². The van der Waals surface area contributed by atoms with E-state index in [0.29, 0.717) is 55.2 Å². The van der Waals surface area contributed by atoms with Gasteiger partial charge in [-0.25, -0.2) is 4.39 Å². The first kappa shape index (κ1) is 27.2. The maximum atomic E-state index is 14.1. The van der Waals surface area contributed by atoms with E-state index in [1.165, 1.54) is 18.2 Å².